The predicted molar refractivity (Wildman–Crippen MR) is 158 cm³/mol. The van der Waals surface area contributed by atoms with Gasteiger partial charge in [-0.1, -0.05) is 52.8 Å². The molecule has 0 amide bonds. The molecular formula is C36H53NO3. The Balaban J connectivity index is 1.36. The summed E-state index contributed by atoms with van der Waals surface area (Å²) < 4.78 is 12.6. The van der Waals surface area contributed by atoms with Crippen molar-refractivity contribution in [1.29, 1.82) is 5.26 Å². The minimum Gasteiger partial charge on any atom is -0.353 e. The molecular weight excluding hydrogens is 494 g/mol. The predicted octanol–water partition coefficient (Wildman–Crippen LogP) is 8.43. The number of rotatable bonds is 4. The lowest BCUT2D eigenvalue weighted by molar-refractivity contribution is -0.235. The van der Waals surface area contributed by atoms with Crippen LogP contribution in [0, 0.1) is 68.0 Å². The minimum atomic E-state index is -0.482. The van der Waals surface area contributed by atoms with Crippen molar-refractivity contribution in [2.75, 3.05) is 13.2 Å². The van der Waals surface area contributed by atoms with E-state index in [4.69, 9.17) is 9.47 Å². The fourth-order valence-corrected chi connectivity index (χ4v) is 12.2. The lowest BCUT2D eigenvalue weighted by Crippen LogP contribution is -2.66. The van der Waals surface area contributed by atoms with E-state index in [0.29, 0.717) is 35.2 Å². The van der Waals surface area contributed by atoms with Crippen molar-refractivity contribution in [1.82, 2.24) is 0 Å². The number of nitrogens with zero attached hydrogens (tertiary/aromatic N) is 1. The molecule has 1 saturated heterocycles. The Bertz CT molecular complexity index is 1140. The molecule has 0 aromatic carbocycles. The van der Waals surface area contributed by atoms with Gasteiger partial charge in [-0.25, -0.2) is 0 Å². The van der Waals surface area contributed by atoms with Gasteiger partial charge in [0.2, 0.25) is 0 Å². The van der Waals surface area contributed by atoms with Gasteiger partial charge >= 0.3 is 0 Å². The monoisotopic (exact) mass is 547 g/mol. The van der Waals surface area contributed by atoms with Crippen LogP contribution in [0.25, 0.3) is 0 Å². The Morgan fingerprint density at radius 1 is 1.00 bits per heavy atom. The second kappa shape index (κ2) is 9.54. The van der Waals surface area contributed by atoms with Crippen LogP contribution >= 0.6 is 0 Å². The van der Waals surface area contributed by atoms with Crippen LogP contribution in [0.15, 0.2) is 23.8 Å². The Morgan fingerprint density at radius 3 is 2.45 bits per heavy atom. The maximum absolute atomic E-state index is 13.3. The van der Waals surface area contributed by atoms with E-state index in [1.54, 1.807) is 0 Å². The van der Waals surface area contributed by atoms with Crippen LogP contribution in [-0.2, 0) is 14.3 Å². The van der Waals surface area contributed by atoms with Gasteiger partial charge in [0.05, 0.1) is 12.2 Å². The highest BCUT2D eigenvalue weighted by Gasteiger charge is 2.70. The summed E-state index contributed by atoms with van der Waals surface area (Å²) in [6.07, 6.45) is 15.2. The quantitative estimate of drug-likeness (QED) is 0.331. The average molecular weight is 548 g/mol. The second-order valence-electron chi connectivity index (χ2n) is 16.2. The summed E-state index contributed by atoms with van der Waals surface area (Å²) in [7, 11) is 0. The Kier molecular flexibility index (Phi) is 6.83. The molecule has 4 nitrogen and oxygen atoms in total. The van der Waals surface area contributed by atoms with Gasteiger partial charge in [-0.2, -0.15) is 5.26 Å². The lowest BCUT2D eigenvalue weighted by atomic mass is 9.33. The van der Waals surface area contributed by atoms with Crippen LogP contribution in [0.5, 0.6) is 0 Å². The Morgan fingerprint density at radius 2 is 1.77 bits per heavy atom. The number of carbonyl (C=O) groups is 1. The van der Waals surface area contributed by atoms with Gasteiger partial charge in [0.1, 0.15) is 6.07 Å². The van der Waals surface area contributed by atoms with Gasteiger partial charge in [-0.05, 0) is 129 Å². The van der Waals surface area contributed by atoms with Gasteiger partial charge in [0, 0.05) is 12.0 Å². The molecule has 1 heterocycles. The van der Waals surface area contributed by atoms with E-state index in [1.165, 1.54) is 56.9 Å². The van der Waals surface area contributed by atoms with E-state index in [2.05, 4.69) is 60.3 Å². The van der Waals surface area contributed by atoms with Crippen LogP contribution in [0.2, 0.25) is 0 Å². The molecule has 1 aliphatic heterocycles. The molecule has 0 aromatic rings. The molecule has 4 saturated carbocycles. The van der Waals surface area contributed by atoms with Crippen LogP contribution in [0.3, 0.4) is 0 Å². The molecule has 0 spiro atoms. The SMILES string of the molecule is C=C(C)[C@@H]1CC[C@]2(COC3CCCCO3)CC[C@]3(C)[C@H](CCC4[C@@]5(C)C=C(C#N)C(=O)C(C)(C)[C@@H]5CC[C@]43C)[C@@H]12. The first-order valence-electron chi connectivity index (χ1n) is 16.4. The first kappa shape index (κ1) is 28.7. The first-order chi connectivity index (χ1) is 18.8. The fourth-order valence-electron chi connectivity index (χ4n) is 12.2. The third kappa shape index (κ3) is 3.78. The molecule has 6 rings (SSSR count). The smallest absolute Gasteiger partial charge is 0.178 e. The molecule has 10 atom stereocenters. The van der Waals surface area contributed by atoms with Crippen molar-refractivity contribution in [2.24, 2.45) is 56.7 Å². The number of allylic oxidation sites excluding steroid dienone is 3. The highest BCUT2D eigenvalue weighted by molar-refractivity contribution is 6.04. The number of hydrogen-bond acceptors (Lipinski definition) is 4. The number of ketones is 1. The zero-order valence-electron chi connectivity index (χ0n) is 26.1. The zero-order chi connectivity index (χ0) is 28.7. The fraction of sp³-hybridized carbons (Fsp3) is 0.833. The van der Waals surface area contributed by atoms with Gasteiger partial charge in [-0.15, -0.1) is 0 Å². The normalized spacial score (nSPS) is 49.5. The van der Waals surface area contributed by atoms with E-state index in [9.17, 15) is 10.1 Å². The summed E-state index contributed by atoms with van der Waals surface area (Å²) in [4.78, 5) is 13.3. The van der Waals surface area contributed by atoms with Gasteiger partial charge < -0.3 is 9.47 Å². The summed E-state index contributed by atoms with van der Waals surface area (Å²) in [5.74, 6) is 2.68. The van der Waals surface area contributed by atoms with E-state index in [0.717, 1.165) is 32.5 Å². The topological polar surface area (TPSA) is 59.3 Å². The first-order valence-corrected chi connectivity index (χ1v) is 16.4. The van der Waals surface area contributed by atoms with Crippen molar-refractivity contribution in [3.05, 3.63) is 23.8 Å². The van der Waals surface area contributed by atoms with Crippen molar-refractivity contribution in [3.63, 3.8) is 0 Å². The van der Waals surface area contributed by atoms with Crippen LogP contribution in [0.4, 0.5) is 0 Å². The molecule has 6 aliphatic rings. The summed E-state index contributed by atoms with van der Waals surface area (Å²) in [6.45, 7) is 20.4. The van der Waals surface area contributed by atoms with Gasteiger partial charge in [-0.3, -0.25) is 4.79 Å². The molecule has 0 N–H and O–H groups in total. The number of carbonyl (C=O) groups excluding carboxylic acids is 1. The average Bonchev–Trinajstić information content (AvgIpc) is 3.31. The maximum atomic E-state index is 13.3. The summed E-state index contributed by atoms with van der Waals surface area (Å²) in [6, 6.07) is 2.31. The largest absolute Gasteiger partial charge is 0.353 e. The second-order valence-corrected chi connectivity index (χ2v) is 16.2. The van der Waals surface area contributed by atoms with Crippen molar-refractivity contribution in [2.45, 2.75) is 118 Å². The highest BCUT2D eigenvalue weighted by atomic mass is 16.7. The standard InChI is InChI=1S/C36H53NO3/c1-23(2)25-13-16-36(22-40-29-10-8-9-19-39-29)18-17-34(6)26(30(25)36)11-12-28-33(5)20-24(21-37)31(38)32(3,4)27(33)14-15-35(28,34)7/h20,25-30H,1,8-19,22H2,2-7H3/t25-,26+,27-,28?,29?,30+,33-,34+,35+,36+/m0/s1. The van der Waals surface area contributed by atoms with Crippen LogP contribution in [0.1, 0.15) is 112 Å². The Hall–Kier alpha value is -1.44. The van der Waals surface area contributed by atoms with E-state index in [-0.39, 0.29) is 33.7 Å². The van der Waals surface area contributed by atoms with E-state index >= 15 is 0 Å². The lowest BCUT2D eigenvalue weighted by Gasteiger charge is -2.71. The third-order valence-electron chi connectivity index (χ3n) is 14.4. The number of Topliss-reactive ketones (excluding diaryl/α,β-unsaturated/α-hetero) is 1. The molecule has 5 aliphatic carbocycles. The summed E-state index contributed by atoms with van der Waals surface area (Å²) >= 11 is 0. The number of ether oxygens (including phenoxy) is 2. The van der Waals surface area contributed by atoms with E-state index < -0.39 is 5.41 Å². The molecule has 5 fully saturated rings. The molecule has 4 heteroatoms. The third-order valence-corrected chi connectivity index (χ3v) is 14.4. The van der Waals surface area contributed by atoms with Crippen LogP contribution < -0.4 is 0 Å². The minimum absolute atomic E-state index is 0.0251. The van der Waals surface area contributed by atoms with Crippen molar-refractivity contribution >= 4 is 5.78 Å². The molecule has 40 heavy (non-hydrogen) atoms. The van der Waals surface area contributed by atoms with Crippen LogP contribution in [-0.4, -0.2) is 25.3 Å². The summed E-state index contributed by atoms with van der Waals surface area (Å²) in [5, 5.41) is 9.99. The molecule has 0 aromatic heterocycles. The Labute approximate surface area is 243 Å². The van der Waals surface area contributed by atoms with Gasteiger partial charge in [0.25, 0.3) is 0 Å². The van der Waals surface area contributed by atoms with Crippen molar-refractivity contribution < 1.29 is 14.3 Å². The van der Waals surface area contributed by atoms with Gasteiger partial charge in [0.15, 0.2) is 12.1 Å². The highest BCUT2D eigenvalue weighted by Crippen LogP contribution is 2.77. The van der Waals surface area contributed by atoms with Crippen molar-refractivity contribution in [3.8, 4) is 6.07 Å². The van der Waals surface area contributed by atoms with E-state index in [1.807, 2.05) is 0 Å². The molecule has 0 radical (unpaired) electrons. The number of nitriles is 1. The molecule has 0 bridgehead atoms. The molecule has 220 valence electrons. The summed E-state index contributed by atoms with van der Waals surface area (Å²) in [5.41, 5.74) is 1.80. The number of hydrogen-bond donors (Lipinski definition) is 0. The molecule has 2 unspecified atom stereocenters. The number of fused-ring (bicyclic) bond motifs is 7. The maximum Gasteiger partial charge on any atom is 0.178 e. The zero-order valence-corrected chi connectivity index (χ0v) is 26.1.